The Balaban J connectivity index is 1.85. The summed E-state index contributed by atoms with van der Waals surface area (Å²) in [5, 5.41) is 5.31. The van der Waals surface area contributed by atoms with E-state index in [9.17, 15) is 8.42 Å². The zero-order chi connectivity index (χ0) is 10.9. The molecule has 6 heteroatoms. The molecule has 0 aromatic carbocycles. The highest BCUT2D eigenvalue weighted by Gasteiger charge is 2.27. The second-order valence-electron chi connectivity index (χ2n) is 3.71. The Morgan fingerprint density at radius 2 is 2.40 bits per heavy atom. The number of hydrogen-bond donors (Lipinski definition) is 1. The second kappa shape index (κ2) is 4.53. The molecule has 1 aromatic rings. The van der Waals surface area contributed by atoms with Crippen molar-refractivity contribution in [2.45, 2.75) is 19.0 Å². The van der Waals surface area contributed by atoms with Gasteiger partial charge in [0.05, 0.1) is 11.5 Å². The summed E-state index contributed by atoms with van der Waals surface area (Å²) in [7, 11) is -2.76. The molecule has 15 heavy (non-hydrogen) atoms. The van der Waals surface area contributed by atoms with Gasteiger partial charge in [0, 0.05) is 27.3 Å². The quantitative estimate of drug-likeness (QED) is 0.926. The third kappa shape index (κ3) is 3.27. The van der Waals surface area contributed by atoms with E-state index in [2.05, 4.69) is 27.3 Å². The molecule has 0 saturated carbocycles. The molecule has 1 aromatic heterocycles. The van der Waals surface area contributed by atoms with Gasteiger partial charge in [0.25, 0.3) is 0 Å². The first-order chi connectivity index (χ1) is 7.05. The van der Waals surface area contributed by atoms with Gasteiger partial charge in [-0.1, -0.05) is 0 Å². The Kier molecular flexibility index (Phi) is 3.49. The molecule has 1 saturated heterocycles. The normalized spacial score (nSPS) is 24.5. The molecule has 0 amide bonds. The zero-order valence-corrected chi connectivity index (χ0v) is 11.3. The Labute approximate surface area is 102 Å². The Bertz CT molecular complexity index is 441. The van der Waals surface area contributed by atoms with Crippen molar-refractivity contribution in [3.8, 4) is 0 Å². The molecule has 2 heterocycles. The van der Waals surface area contributed by atoms with Crippen LogP contribution in [0.4, 0.5) is 0 Å². The highest BCUT2D eigenvalue weighted by molar-refractivity contribution is 9.10. The van der Waals surface area contributed by atoms with Crippen LogP contribution in [0.25, 0.3) is 0 Å². The van der Waals surface area contributed by atoms with Crippen LogP contribution in [0.1, 0.15) is 11.3 Å². The fourth-order valence-corrected chi connectivity index (χ4v) is 4.76. The summed E-state index contributed by atoms with van der Waals surface area (Å²) in [6.45, 7) is 0.760. The SMILES string of the molecule is O=S1(=O)CCC(NCc2cc(Br)cs2)C1. The van der Waals surface area contributed by atoms with Gasteiger partial charge in [-0.2, -0.15) is 0 Å². The molecule has 1 aliphatic rings. The van der Waals surface area contributed by atoms with Gasteiger partial charge in [0.1, 0.15) is 0 Å². The fraction of sp³-hybridized carbons (Fsp3) is 0.556. The van der Waals surface area contributed by atoms with Gasteiger partial charge in [0.2, 0.25) is 0 Å². The van der Waals surface area contributed by atoms with Crippen LogP contribution in [0, 0.1) is 0 Å². The molecule has 3 nitrogen and oxygen atoms in total. The van der Waals surface area contributed by atoms with Crippen molar-refractivity contribution in [2.24, 2.45) is 0 Å². The monoisotopic (exact) mass is 309 g/mol. The van der Waals surface area contributed by atoms with E-state index in [1.807, 2.05) is 5.38 Å². The highest BCUT2D eigenvalue weighted by atomic mass is 79.9. The van der Waals surface area contributed by atoms with E-state index in [1.165, 1.54) is 4.88 Å². The van der Waals surface area contributed by atoms with E-state index in [0.29, 0.717) is 11.5 Å². The third-order valence-corrected chi connectivity index (χ3v) is 5.88. The fourth-order valence-electron chi connectivity index (χ4n) is 1.65. The van der Waals surface area contributed by atoms with Crippen molar-refractivity contribution < 1.29 is 8.42 Å². The predicted molar refractivity (Wildman–Crippen MR) is 65.9 cm³/mol. The number of nitrogens with one attached hydrogen (secondary N) is 1. The summed E-state index contributed by atoms with van der Waals surface area (Å²) >= 11 is 5.06. The maximum Gasteiger partial charge on any atom is 0.151 e. The molecule has 84 valence electrons. The molecule has 1 atom stereocenters. The van der Waals surface area contributed by atoms with Crippen LogP contribution in [0.3, 0.4) is 0 Å². The maximum atomic E-state index is 11.2. The summed E-state index contributed by atoms with van der Waals surface area (Å²) in [6, 6.07) is 2.19. The summed E-state index contributed by atoms with van der Waals surface area (Å²) in [4.78, 5) is 1.23. The number of halogens is 1. The first kappa shape index (κ1) is 11.6. The lowest BCUT2D eigenvalue weighted by Crippen LogP contribution is -2.29. The minimum atomic E-state index is -2.76. The molecule has 2 rings (SSSR count). The summed E-state index contributed by atoms with van der Waals surface area (Å²) < 4.78 is 23.5. The lowest BCUT2D eigenvalue weighted by Gasteiger charge is -2.08. The Morgan fingerprint density at radius 1 is 1.60 bits per heavy atom. The maximum absolute atomic E-state index is 11.2. The zero-order valence-electron chi connectivity index (χ0n) is 8.07. The number of rotatable bonds is 3. The Hall–Kier alpha value is 0.0900. The lowest BCUT2D eigenvalue weighted by atomic mass is 10.2. The van der Waals surface area contributed by atoms with Crippen molar-refractivity contribution >= 4 is 37.1 Å². The first-order valence-corrected chi connectivity index (χ1v) is 8.21. The predicted octanol–water partition coefficient (Wildman–Crippen LogP) is 1.79. The van der Waals surface area contributed by atoms with E-state index in [-0.39, 0.29) is 6.04 Å². The van der Waals surface area contributed by atoms with Crippen molar-refractivity contribution in [2.75, 3.05) is 11.5 Å². The lowest BCUT2D eigenvalue weighted by molar-refractivity contribution is 0.557. The van der Waals surface area contributed by atoms with Crippen molar-refractivity contribution in [1.82, 2.24) is 5.32 Å². The van der Waals surface area contributed by atoms with E-state index in [1.54, 1.807) is 11.3 Å². The smallest absolute Gasteiger partial charge is 0.151 e. The number of thiophene rings is 1. The summed E-state index contributed by atoms with van der Waals surface area (Å²) in [5.74, 6) is 0.623. The first-order valence-electron chi connectivity index (χ1n) is 4.72. The van der Waals surface area contributed by atoms with E-state index in [4.69, 9.17) is 0 Å². The summed E-state index contributed by atoms with van der Waals surface area (Å²) in [6.07, 6.45) is 0.745. The third-order valence-electron chi connectivity index (χ3n) is 2.42. The standard InChI is InChI=1S/C9H12BrNO2S2/c10-7-3-9(14-5-7)4-11-8-1-2-15(12,13)6-8/h3,5,8,11H,1-2,4,6H2. The molecule has 1 N–H and O–H groups in total. The van der Waals surface area contributed by atoms with Crippen LogP contribution in [-0.4, -0.2) is 26.0 Å². The average Bonchev–Trinajstić information content (AvgIpc) is 2.69. The van der Waals surface area contributed by atoms with Crippen LogP contribution < -0.4 is 5.32 Å². The molecule has 1 fully saturated rings. The number of sulfone groups is 1. The van der Waals surface area contributed by atoms with E-state index in [0.717, 1.165) is 17.4 Å². The number of hydrogen-bond acceptors (Lipinski definition) is 4. The molecular formula is C9H12BrNO2S2. The van der Waals surface area contributed by atoms with Crippen LogP contribution in [0.2, 0.25) is 0 Å². The van der Waals surface area contributed by atoms with Crippen molar-refractivity contribution in [1.29, 1.82) is 0 Å². The average molecular weight is 310 g/mol. The largest absolute Gasteiger partial charge is 0.308 e. The van der Waals surface area contributed by atoms with Gasteiger partial charge in [0.15, 0.2) is 9.84 Å². The van der Waals surface area contributed by atoms with Gasteiger partial charge >= 0.3 is 0 Å². The molecule has 0 aliphatic carbocycles. The van der Waals surface area contributed by atoms with Crippen LogP contribution in [0.5, 0.6) is 0 Å². The van der Waals surface area contributed by atoms with Gasteiger partial charge in [-0.25, -0.2) is 8.42 Å². The van der Waals surface area contributed by atoms with Gasteiger partial charge in [-0.3, -0.25) is 0 Å². The molecule has 1 aliphatic heterocycles. The second-order valence-corrected chi connectivity index (χ2v) is 7.85. The minimum absolute atomic E-state index is 0.135. The van der Waals surface area contributed by atoms with Gasteiger partial charge in [-0.15, -0.1) is 11.3 Å². The van der Waals surface area contributed by atoms with E-state index >= 15 is 0 Å². The molecular weight excluding hydrogens is 298 g/mol. The van der Waals surface area contributed by atoms with E-state index < -0.39 is 9.84 Å². The molecule has 0 spiro atoms. The van der Waals surface area contributed by atoms with Gasteiger partial charge < -0.3 is 5.32 Å². The van der Waals surface area contributed by atoms with Crippen molar-refractivity contribution in [3.05, 3.63) is 20.8 Å². The molecule has 1 unspecified atom stereocenters. The van der Waals surface area contributed by atoms with Crippen LogP contribution in [0.15, 0.2) is 15.9 Å². The summed E-state index contributed by atoms with van der Waals surface area (Å²) in [5.41, 5.74) is 0. The van der Waals surface area contributed by atoms with Crippen LogP contribution >= 0.6 is 27.3 Å². The van der Waals surface area contributed by atoms with Crippen molar-refractivity contribution in [3.63, 3.8) is 0 Å². The van der Waals surface area contributed by atoms with Gasteiger partial charge in [-0.05, 0) is 28.4 Å². The minimum Gasteiger partial charge on any atom is -0.308 e. The molecule has 0 bridgehead atoms. The topological polar surface area (TPSA) is 46.2 Å². The Morgan fingerprint density at radius 3 is 2.93 bits per heavy atom. The van der Waals surface area contributed by atoms with Crippen LogP contribution in [-0.2, 0) is 16.4 Å². The molecule has 0 radical (unpaired) electrons. The highest BCUT2D eigenvalue weighted by Crippen LogP contribution is 2.20.